The van der Waals surface area contributed by atoms with Gasteiger partial charge in [0.05, 0.1) is 5.56 Å². The second-order valence-electron chi connectivity index (χ2n) is 7.25. The van der Waals surface area contributed by atoms with Crippen LogP contribution in [0.3, 0.4) is 0 Å². The molecule has 148 valence electrons. The van der Waals surface area contributed by atoms with Crippen molar-refractivity contribution in [1.29, 1.82) is 0 Å². The Morgan fingerprint density at radius 2 is 1.82 bits per heavy atom. The van der Waals surface area contributed by atoms with Gasteiger partial charge in [0.25, 0.3) is 5.91 Å². The highest BCUT2D eigenvalue weighted by Crippen LogP contribution is 2.34. The monoisotopic (exact) mass is 407 g/mol. The standard InChI is InChI=1S/C20H20F3N3OS/c21-20(22,23)15-9-17(11-24-10-15)28-16-3-1-14(2-4-16)19(27)25-18-12-26-7-5-13(18)6-8-26/h1-4,9-11,13,18H,5-8,12H2,(H,25,27). The number of amides is 1. The third-order valence-electron chi connectivity index (χ3n) is 5.37. The van der Waals surface area contributed by atoms with Gasteiger partial charge in [-0.05, 0) is 62.2 Å². The molecule has 1 N–H and O–H groups in total. The van der Waals surface area contributed by atoms with Crippen molar-refractivity contribution in [2.45, 2.75) is 34.9 Å². The first-order chi connectivity index (χ1) is 13.4. The van der Waals surface area contributed by atoms with Gasteiger partial charge in [0.15, 0.2) is 0 Å². The molecule has 3 saturated heterocycles. The first-order valence-electron chi connectivity index (χ1n) is 9.22. The lowest BCUT2D eigenvalue weighted by Gasteiger charge is -2.44. The molecule has 0 radical (unpaired) electrons. The number of hydrogen-bond donors (Lipinski definition) is 1. The molecular formula is C20H20F3N3OS. The van der Waals surface area contributed by atoms with Crippen LogP contribution in [0.25, 0.3) is 0 Å². The van der Waals surface area contributed by atoms with Crippen LogP contribution in [0.15, 0.2) is 52.5 Å². The van der Waals surface area contributed by atoms with Crippen molar-refractivity contribution in [3.63, 3.8) is 0 Å². The summed E-state index contributed by atoms with van der Waals surface area (Å²) in [6.45, 7) is 3.15. The molecule has 2 aromatic rings. The molecule has 0 spiro atoms. The number of nitrogens with one attached hydrogen (secondary N) is 1. The predicted molar refractivity (Wildman–Crippen MR) is 100 cm³/mol. The average molecular weight is 407 g/mol. The lowest BCUT2D eigenvalue weighted by atomic mass is 9.84. The Balaban J connectivity index is 1.39. The maximum Gasteiger partial charge on any atom is 0.417 e. The third-order valence-corrected chi connectivity index (χ3v) is 6.33. The van der Waals surface area contributed by atoms with E-state index in [0.29, 0.717) is 16.4 Å². The number of alkyl halides is 3. The highest BCUT2D eigenvalue weighted by molar-refractivity contribution is 7.99. The van der Waals surface area contributed by atoms with Crippen LogP contribution in [0, 0.1) is 5.92 Å². The molecule has 1 amide bonds. The molecule has 3 fully saturated rings. The molecule has 1 aromatic heterocycles. The fourth-order valence-corrected chi connectivity index (χ4v) is 4.66. The van der Waals surface area contributed by atoms with E-state index in [0.717, 1.165) is 49.6 Å². The summed E-state index contributed by atoms with van der Waals surface area (Å²) in [6.07, 6.45) is 0.0533. The summed E-state index contributed by atoms with van der Waals surface area (Å²) in [5.74, 6) is 0.452. The van der Waals surface area contributed by atoms with Gasteiger partial charge in [-0.15, -0.1) is 0 Å². The van der Waals surface area contributed by atoms with Gasteiger partial charge in [-0.1, -0.05) is 11.8 Å². The van der Waals surface area contributed by atoms with Crippen LogP contribution in [0.5, 0.6) is 0 Å². The minimum atomic E-state index is -4.42. The van der Waals surface area contributed by atoms with E-state index >= 15 is 0 Å². The Morgan fingerprint density at radius 3 is 2.43 bits per heavy atom. The first kappa shape index (κ1) is 19.3. The minimum absolute atomic E-state index is 0.101. The van der Waals surface area contributed by atoms with E-state index < -0.39 is 11.7 Å². The highest BCUT2D eigenvalue weighted by Gasteiger charge is 2.35. The normalized spacial score (nSPS) is 24.2. The van der Waals surface area contributed by atoms with E-state index in [1.807, 2.05) is 0 Å². The summed E-state index contributed by atoms with van der Waals surface area (Å²) in [5.41, 5.74) is -0.214. The SMILES string of the molecule is O=C(NC1CN2CCC1CC2)c1ccc(Sc2cncc(C(F)(F)F)c2)cc1. The van der Waals surface area contributed by atoms with Crippen molar-refractivity contribution in [3.05, 3.63) is 53.9 Å². The largest absolute Gasteiger partial charge is 0.417 e. The molecule has 5 rings (SSSR count). The Hall–Kier alpha value is -2.06. The molecule has 0 aliphatic carbocycles. The molecular weight excluding hydrogens is 387 g/mol. The number of hydrogen-bond acceptors (Lipinski definition) is 4. The van der Waals surface area contributed by atoms with Crippen molar-refractivity contribution < 1.29 is 18.0 Å². The molecule has 1 unspecified atom stereocenters. The Labute approximate surface area is 165 Å². The van der Waals surface area contributed by atoms with Gasteiger partial charge in [0, 0.05) is 40.3 Å². The number of rotatable bonds is 4. The quantitative estimate of drug-likeness (QED) is 0.830. The summed E-state index contributed by atoms with van der Waals surface area (Å²) in [4.78, 5) is 19.7. The molecule has 4 heterocycles. The third kappa shape index (κ3) is 4.33. The molecule has 0 saturated carbocycles. The maximum absolute atomic E-state index is 12.8. The van der Waals surface area contributed by atoms with E-state index in [1.165, 1.54) is 18.0 Å². The van der Waals surface area contributed by atoms with Gasteiger partial charge in [-0.3, -0.25) is 9.78 Å². The van der Waals surface area contributed by atoms with E-state index in [4.69, 9.17) is 0 Å². The van der Waals surface area contributed by atoms with Crippen molar-refractivity contribution in [2.75, 3.05) is 19.6 Å². The summed E-state index contributed by atoms with van der Waals surface area (Å²) in [6, 6.07) is 8.18. The van der Waals surface area contributed by atoms with Crippen LogP contribution in [0.2, 0.25) is 0 Å². The molecule has 3 aliphatic heterocycles. The van der Waals surface area contributed by atoms with Crippen LogP contribution in [0.4, 0.5) is 13.2 Å². The fourth-order valence-electron chi connectivity index (χ4n) is 3.82. The van der Waals surface area contributed by atoms with Crippen LogP contribution in [0.1, 0.15) is 28.8 Å². The minimum Gasteiger partial charge on any atom is -0.348 e. The Kier molecular flexibility index (Phi) is 5.33. The smallest absolute Gasteiger partial charge is 0.348 e. The number of nitrogens with zero attached hydrogens (tertiary/aromatic N) is 2. The van der Waals surface area contributed by atoms with E-state index in [-0.39, 0.29) is 11.9 Å². The van der Waals surface area contributed by atoms with Gasteiger partial charge >= 0.3 is 6.18 Å². The van der Waals surface area contributed by atoms with Crippen LogP contribution < -0.4 is 5.32 Å². The second kappa shape index (κ2) is 7.75. The highest BCUT2D eigenvalue weighted by atomic mass is 32.2. The summed E-state index contributed by atoms with van der Waals surface area (Å²) < 4.78 is 38.4. The van der Waals surface area contributed by atoms with Crippen LogP contribution in [-0.4, -0.2) is 41.5 Å². The second-order valence-corrected chi connectivity index (χ2v) is 8.40. The lowest BCUT2D eigenvalue weighted by molar-refractivity contribution is -0.138. The number of carbonyl (C=O) groups is 1. The first-order valence-corrected chi connectivity index (χ1v) is 10.0. The lowest BCUT2D eigenvalue weighted by Crippen LogP contribution is -2.57. The molecule has 28 heavy (non-hydrogen) atoms. The number of carbonyl (C=O) groups excluding carboxylic acids is 1. The molecule has 2 bridgehead atoms. The Morgan fingerprint density at radius 1 is 1.11 bits per heavy atom. The van der Waals surface area contributed by atoms with Crippen LogP contribution >= 0.6 is 11.8 Å². The van der Waals surface area contributed by atoms with Crippen molar-refractivity contribution in [1.82, 2.24) is 15.2 Å². The summed E-state index contributed by atoms with van der Waals surface area (Å²) in [5, 5.41) is 3.14. The maximum atomic E-state index is 12.8. The molecule has 3 aliphatic rings. The topological polar surface area (TPSA) is 45.2 Å². The molecule has 8 heteroatoms. The molecule has 4 nitrogen and oxygen atoms in total. The zero-order valence-electron chi connectivity index (χ0n) is 15.1. The van der Waals surface area contributed by atoms with Crippen molar-refractivity contribution >= 4 is 17.7 Å². The van der Waals surface area contributed by atoms with Gasteiger partial charge < -0.3 is 10.2 Å². The fraction of sp³-hybridized carbons (Fsp3) is 0.400. The van der Waals surface area contributed by atoms with Gasteiger partial charge in [0.2, 0.25) is 0 Å². The predicted octanol–water partition coefficient (Wildman–Crippen LogP) is 4.08. The number of halogens is 3. The Bertz CT molecular complexity index is 849. The number of aromatic nitrogens is 1. The van der Waals surface area contributed by atoms with Gasteiger partial charge in [-0.25, -0.2) is 0 Å². The zero-order chi connectivity index (χ0) is 19.7. The van der Waals surface area contributed by atoms with Gasteiger partial charge in [0.1, 0.15) is 0 Å². The number of piperidine rings is 3. The van der Waals surface area contributed by atoms with Crippen molar-refractivity contribution in [3.8, 4) is 0 Å². The van der Waals surface area contributed by atoms with Crippen molar-refractivity contribution in [2.24, 2.45) is 5.92 Å². The number of fused-ring (bicyclic) bond motifs is 3. The van der Waals surface area contributed by atoms with E-state index in [1.54, 1.807) is 24.3 Å². The summed E-state index contributed by atoms with van der Waals surface area (Å²) >= 11 is 1.18. The number of benzene rings is 1. The van der Waals surface area contributed by atoms with E-state index in [9.17, 15) is 18.0 Å². The van der Waals surface area contributed by atoms with E-state index in [2.05, 4.69) is 15.2 Å². The number of pyridine rings is 1. The van der Waals surface area contributed by atoms with Crippen LogP contribution in [-0.2, 0) is 6.18 Å². The summed E-state index contributed by atoms with van der Waals surface area (Å²) in [7, 11) is 0. The molecule has 1 aromatic carbocycles. The van der Waals surface area contributed by atoms with Gasteiger partial charge in [-0.2, -0.15) is 13.2 Å². The average Bonchev–Trinajstić information content (AvgIpc) is 2.69. The molecule has 1 atom stereocenters. The zero-order valence-corrected chi connectivity index (χ0v) is 15.9.